The van der Waals surface area contributed by atoms with Gasteiger partial charge in [-0.3, -0.25) is 4.57 Å². The van der Waals surface area contributed by atoms with Gasteiger partial charge in [0.2, 0.25) is 6.10 Å². The predicted molar refractivity (Wildman–Crippen MR) is 99.6 cm³/mol. The summed E-state index contributed by atoms with van der Waals surface area (Å²) < 4.78 is 40.9. The van der Waals surface area contributed by atoms with Gasteiger partial charge in [-0.1, -0.05) is 36.4 Å². The molecule has 3 aromatic rings. The third kappa shape index (κ3) is 3.95. The number of halogens is 2. The van der Waals surface area contributed by atoms with Gasteiger partial charge in [0, 0.05) is 12.4 Å². The number of hydrogen-bond donors (Lipinski definition) is 0. The molecule has 0 fully saturated rings. The first-order valence-electron chi connectivity index (χ1n) is 8.16. The number of rotatable bonds is 5. The topological polar surface area (TPSA) is 53.4 Å². The van der Waals surface area contributed by atoms with Crippen LogP contribution in [0.5, 0.6) is 0 Å². The van der Waals surface area contributed by atoms with E-state index in [1.807, 2.05) is 12.1 Å². The molecule has 1 atom stereocenters. The van der Waals surface area contributed by atoms with E-state index in [1.54, 1.807) is 24.3 Å². The Morgan fingerprint density at radius 2 is 2.00 bits per heavy atom. The largest absolute Gasteiger partial charge is 0.461 e. The fourth-order valence-electron chi connectivity index (χ4n) is 2.59. The maximum atomic E-state index is 14.9. The highest BCUT2D eigenvalue weighted by molar-refractivity contribution is 7.80. The molecular weight excluding hydrogens is 374 g/mol. The first kappa shape index (κ1) is 18.9. The third-order valence-electron chi connectivity index (χ3n) is 3.89. The lowest BCUT2D eigenvalue weighted by Crippen LogP contribution is -2.40. The van der Waals surface area contributed by atoms with Crippen LogP contribution in [0.25, 0.3) is 10.8 Å². The van der Waals surface area contributed by atoms with Crippen molar-refractivity contribution in [2.45, 2.75) is 19.0 Å². The first-order valence-corrected chi connectivity index (χ1v) is 8.57. The molecule has 140 valence electrons. The van der Waals surface area contributed by atoms with E-state index in [4.69, 9.17) is 17.0 Å². The Labute approximate surface area is 159 Å². The van der Waals surface area contributed by atoms with Crippen LogP contribution < -0.4 is 0 Å². The zero-order valence-electron chi connectivity index (χ0n) is 14.3. The quantitative estimate of drug-likeness (QED) is 0.484. The van der Waals surface area contributed by atoms with Crippen molar-refractivity contribution in [1.29, 1.82) is 0 Å². The van der Waals surface area contributed by atoms with Crippen molar-refractivity contribution in [1.82, 2.24) is 9.55 Å². The van der Waals surface area contributed by atoms with Gasteiger partial charge in [-0.2, -0.15) is 8.78 Å². The fourth-order valence-corrected chi connectivity index (χ4v) is 2.79. The van der Waals surface area contributed by atoms with Crippen molar-refractivity contribution >= 4 is 34.1 Å². The summed E-state index contributed by atoms with van der Waals surface area (Å²) >= 11 is 5.08. The molecule has 0 radical (unpaired) electrons. The van der Waals surface area contributed by atoms with Crippen LogP contribution in [-0.4, -0.2) is 33.2 Å². The van der Waals surface area contributed by atoms with Crippen LogP contribution in [0.15, 0.2) is 61.2 Å². The van der Waals surface area contributed by atoms with E-state index in [2.05, 4.69) is 9.72 Å². The predicted octanol–water partition coefficient (Wildman–Crippen LogP) is 4.13. The van der Waals surface area contributed by atoms with Gasteiger partial charge in [-0.15, -0.1) is 0 Å². The molecule has 2 aromatic carbocycles. The molecular formula is C19H16F2N2O3S. The summed E-state index contributed by atoms with van der Waals surface area (Å²) in [5, 5.41) is 1.35. The summed E-state index contributed by atoms with van der Waals surface area (Å²) in [5.74, 6) is -5.61. The first-order chi connectivity index (χ1) is 12.9. The number of nitrogens with zero attached hydrogens (tertiary/aromatic N) is 2. The van der Waals surface area contributed by atoms with E-state index in [9.17, 15) is 13.6 Å². The zero-order chi connectivity index (χ0) is 19.4. The van der Waals surface area contributed by atoms with E-state index >= 15 is 0 Å². The number of esters is 1. The third-order valence-corrected chi connectivity index (χ3v) is 4.19. The molecule has 27 heavy (non-hydrogen) atoms. The Balaban J connectivity index is 2.02. The second-order valence-electron chi connectivity index (χ2n) is 5.68. The zero-order valence-corrected chi connectivity index (χ0v) is 15.2. The number of hydrogen-bond acceptors (Lipinski definition) is 5. The van der Waals surface area contributed by atoms with Crippen LogP contribution in [-0.2, 0) is 14.3 Å². The van der Waals surface area contributed by atoms with E-state index < -0.39 is 18.0 Å². The van der Waals surface area contributed by atoms with Crippen LogP contribution in [0.2, 0.25) is 0 Å². The molecule has 0 bridgehead atoms. The van der Waals surface area contributed by atoms with E-state index in [1.165, 1.54) is 36.3 Å². The Bertz CT molecular complexity index is 961. The fraction of sp³-hybridized carbons (Fsp3) is 0.211. The molecule has 3 rings (SSSR count). The SMILES string of the molecule is CCOC(=O)C(F)(F)C(OC(=S)n1ccnc1)c1ccc2ccccc2c1. The van der Waals surface area contributed by atoms with Gasteiger partial charge in [0.05, 0.1) is 6.61 Å². The van der Waals surface area contributed by atoms with Gasteiger partial charge in [0.1, 0.15) is 6.33 Å². The molecule has 1 aromatic heterocycles. The Hall–Kier alpha value is -2.87. The number of benzene rings is 2. The summed E-state index contributed by atoms with van der Waals surface area (Å²) in [6, 6.07) is 12.0. The van der Waals surface area contributed by atoms with Gasteiger partial charge in [-0.05, 0) is 41.5 Å². The lowest BCUT2D eigenvalue weighted by molar-refractivity contribution is -0.187. The molecule has 8 heteroatoms. The van der Waals surface area contributed by atoms with Crippen LogP contribution in [0, 0.1) is 0 Å². The van der Waals surface area contributed by atoms with Crippen molar-refractivity contribution < 1.29 is 23.0 Å². The molecule has 1 heterocycles. The molecule has 1 unspecified atom stereocenters. The number of imidazole rings is 1. The van der Waals surface area contributed by atoms with E-state index in [0.29, 0.717) is 0 Å². The van der Waals surface area contributed by atoms with Gasteiger partial charge in [0.15, 0.2) is 0 Å². The maximum Gasteiger partial charge on any atom is 0.382 e. The monoisotopic (exact) mass is 390 g/mol. The lowest BCUT2D eigenvalue weighted by Gasteiger charge is -2.26. The molecule has 0 spiro atoms. The lowest BCUT2D eigenvalue weighted by atomic mass is 9.99. The summed E-state index contributed by atoms with van der Waals surface area (Å²) in [5.41, 5.74) is 0.106. The minimum absolute atomic E-state index is 0.106. The van der Waals surface area contributed by atoms with Crippen molar-refractivity contribution in [3.63, 3.8) is 0 Å². The van der Waals surface area contributed by atoms with Crippen LogP contribution in [0.1, 0.15) is 18.6 Å². The van der Waals surface area contributed by atoms with Crippen molar-refractivity contribution in [3.05, 3.63) is 66.7 Å². The number of thiocarbonyl (C=S) groups is 1. The van der Waals surface area contributed by atoms with Crippen LogP contribution in [0.4, 0.5) is 8.78 Å². The molecule has 0 amide bonds. The molecule has 5 nitrogen and oxygen atoms in total. The second-order valence-corrected chi connectivity index (χ2v) is 6.03. The number of alkyl halides is 2. The highest BCUT2D eigenvalue weighted by Gasteiger charge is 2.52. The minimum atomic E-state index is -3.94. The summed E-state index contributed by atoms with van der Waals surface area (Å²) in [6.07, 6.45) is 2.27. The van der Waals surface area contributed by atoms with Gasteiger partial charge in [0.25, 0.3) is 5.17 Å². The maximum absolute atomic E-state index is 14.9. The molecule has 0 N–H and O–H groups in total. The summed E-state index contributed by atoms with van der Waals surface area (Å²) in [7, 11) is 0. The second kappa shape index (κ2) is 7.79. The smallest absolute Gasteiger partial charge is 0.382 e. The number of carbonyl (C=O) groups excluding carboxylic acids is 1. The van der Waals surface area contributed by atoms with Gasteiger partial charge >= 0.3 is 11.9 Å². The van der Waals surface area contributed by atoms with E-state index in [-0.39, 0.29) is 17.3 Å². The number of ether oxygens (including phenoxy) is 2. The Morgan fingerprint density at radius 3 is 2.67 bits per heavy atom. The number of carbonyl (C=O) groups is 1. The van der Waals surface area contributed by atoms with Crippen molar-refractivity contribution in [2.24, 2.45) is 0 Å². The van der Waals surface area contributed by atoms with Gasteiger partial charge in [-0.25, -0.2) is 9.78 Å². The highest BCUT2D eigenvalue weighted by atomic mass is 32.1. The summed E-state index contributed by atoms with van der Waals surface area (Å²) in [6.45, 7) is 1.28. The normalized spacial score (nSPS) is 12.6. The molecule has 0 saturated heterocycles. The van der Waals surface area contributed by atoms with E-state index in [0.717, 1.165) is 10.8 Å². The molecule has 0 aliphatic carbocycles. The number of aromatic nitrogens is 2. The Morgan fingerprint density at radius 1 is 1.26 bits per heavy atom. The molecule has 0 saturated carbocycles. The van der Waals surface area contributed by atoms with Crippen LogP contribution in [0.3, 0.4) is 0 Å². The highest BCUT2D eigenvalue weighted by Crippen LogP contribution is 2.37. The van der Waals surface area contributed by atoms with Crippen LogP contribution >= 0.6 is 12.2 Å². The Kier molecular flexibility index (Phi) is 5.46. The number of fused-ring (bicyclic) bond motifs is 1. The molecule has 0 aliphatic heterocycles. The average Bonchev–Trinajstić information content (AvgIpc) is 3.20. The van der Waals surface area contributed by atoms with Crippen molar-refractivity contribution in [2.75, 3.05) is 6.61 Å². The standard InChI is InChI=1S/C19H16F2N2O3S/c1-2-25-17(24)19(20,21)16(26-18(27)23-10-9-22-12-23)15-8-7-13-5-3-4-6-14(13)11-15/h3-12,16H,2H2,1H3. The average molecular weight is 390 g/mol. The van der Waals surface area contributed by atoms with Crippen molar-refractivity contribution in [3.8, 4) is 0 Å². The van der Waals surface area contributed by atoms with Gasteiger partial charge < -0.3 is 9.47 Å². The summed E-state index contributed by atoms with van der Waals surface area (Å²) in [4.78, 5) is 15.7. The molecule has 0 aliphatic rings. The minimum Gasteiger partial charge on any atom is -0.461 e.